The SMILES string of the molecule is O=C(CN1CCC(c2ccccc2)CC1)Nc1c(C(=O)C2CC2)cc2cc[nH]cc1-2. The van der Waals surface area contributed by atoms with Gasteiger partial charge in [-0.3, -0.25) is 14.5 Å². The molecule has 5 heteroatoms. The summed E-state index contributed by atoms with van der Waals surface area (Å²) >= 11 is 0. The minimum atomic E-state index is -0.0469. The smallest absolute Gasteiger partial charge is 0.238 e. The summed E-state index contributed by atoms with van der Waals surface area (Å²) in [6.45, 7) is 2.19. The van der Waals surface area contributed by atoms with Gasteiger partial charge in [0, 0.05) is 29.4 Å². The predicted octanol–water partition coefficient (Wildman–Crippen LogP) is 4.53. The summed E-state index contributed by atoms with van der Waals surface area (Å²) in [5.41, 5.74) is 4.60. The molecule has 1 aromatic carbocycles. The molecule has 1 amide bonds. The summed E-state index contributed by atoms with van der Waals surface area (Å²) in [6.07, 6.45) is 7.75. The highest BCUT2D eigenvalue weighted by Crippen LogP contribution is 2.41. The van der Waals surface area contributed by atoms with Crippen LogP contribution in [0.5, 0.6) is 0 Å². The highest BCUT2D eigenvalue weighted by atomic mass is 16.2. The zero-order valence-electron chi connectivity index (χ0n) is 17.1. The van der Waals surface area contributed by atoms with Crippen molar-refractivity contribution in [1.29, 1.82) is 0 Å². The van der Waals surface area contributed by atoms with Crippen molar-refractivity contribution in [3.8, 4) is 11.1 Å². The van der Waals surface area contributed by atoms with Crippen LogP contribution in [-0.4, -0.2) is 41.2 Å². The number of rotatable bonds is 6. The van der Waals surface area contributed by atoms with E-state index in [-0.39, 0.29) is 17.6 Å². The number of H-pyrrole nitrogens is 1. The molecule has 0 spiro atoms. The molecule has 0 bridgehead atoms. The molecule has 0 aromatic heterocycles. The van der Waals surface area contributed by atoms with E-state index in [9.17, 15) is 9.59 Å². The predicted molar refractivity (Wildman–Crippen MR) is 118 cm³/mol. The molecular weight excluding hydrogens is 374 g/mol. The highest BCUT2D eigenvalue weighted by molar-refractivity contribution is 6.12. The molecule has 5 nitrogen and oxygen atoms in total. The molecule has 0 radical (unpaired) electrons. The van der Waals surface area contributed by atoms with Gasteiger partial charge in [-0.15, -0.1) is 0 Å². The summed E-state index contributed by atoms with van der Waals surface area (Å²) in [5.74, 6) is 0.806. The summed E-state index contributed by atoms with van der Waals surface area (Å²) < 4.78 is 0. The lowest BCUT2D eigenvalue weighted by Gasteiger charge is -2.31. The number of Topliss-reactive ketones (excluding diaryl/α,β-unsaturated/α-hetero) is 1. The standard InChI is InChI=1S/C25H27N3O2/c29-23(16-28-12-9-18(10-13-28)17-4-2-1-3-5-17)27-24-21(25(30)19-6-7-19)14-20-8-11-26-15-22(20)24/h1-5,8,11,14-15,18-19,26H,6-7,9-10,12-13,16H2,(H,27,29). The Bertz CT molecular complexity index is 1010. The van der Waals surface area contributed by atoms with Crippen LogP contribution >= 0.6 is 0 Å². The van der Waals surface area contributed by atoms with Gasteiger partial charge in [-0.2, -0.15) is 0 Å². The Morgan fingerprint density at radius 1 is 1.03 bits per heavy atom. The van der Waals surface area contributed by atoms with Gasteiger partial charge in [-0.1, -0.05) is 30.3 Å². The van der Waals surface area contributed by atoms with Crippen LogP contribution in [-0.2, 0) is 4.79 Å². The maximum atomic E-state index is 12.9. The fourth-order valence-electron chi connectivity index (χ4n) is 4.58. The third kappa shape index (κ3) is 3.90. The number of likely N-dealkylation sites (tertiary alicyclic amines) is 1. The van der Waals surface area contributed by atoms with Crippen molar-refractivity contribution in [1.82, 2.24) is 9.88 Å². The molecule has 2 N–H and O–H groups in total. The highest BCUT2D eigenvalue weighted by Gasteiger charge is 2.34. The van der Waals surface area contributed by atoms with E-state index in [2.05, 4.69) is 45.5 Å². The number of fused-ring (bicyclic) bond motifs is 1. The quantitative estimate of drug-likeness (QED) is 0.597. The number of nitrogens with one attached hydrogen (secondary N) is 2. The van der Waals surface area contributed by atoms with E-state index in [0.717, 1.165) is 49.9 Å². The van der Waals surface area contributed by atoms with Gasteiger partial charge in [0.25, 0.3) is 0 Å². The molecule has 1 saturated heterocycles. The van der Waals surface area contributed by atoms with Gasteiger partial charge < -0.3 is 10.3 Å². The zero-order valence-corrected chi connectivity index (χ0v) is 17.1. The number of hydrogen-bond acceptors (Lipinski definition) is 3. The van der Waals surface area contributed by atoms with Crippen LogP contribution < -0.4 is 5.32 Å². The van der Waals surface area contributed by atoms with Crippen molar-refractivity contribution < 1.29 is 9.59 Å². The van der Waals surface area contributed by atoms with Crippen molar-refractivity contribution in [3.63, 3.8) is 0 Å². The Labute approximate surface area is 176 Å². The number of piperidine rings is 1. The molecule has 1 saturated carbocycles. The van der Waals surface area contributed by atoms with Crippen LogP contribution in [0, 0.1) is 5.92 Å². The maximum Gasteiger partial charge on any atom is 0.238 e. The fourth-order valence-corrected chi connectivity index (χ4v) is 4.58. The van der Waals surface area contributed by atoms with E-state index in [1.54, 1.807) is 0 Å². The first-order valence-corrected chi connectivity index (χ1v) is 10.9. The first kappa shape index (κ1) is 19.1. The van der Waals surface area contributed by atoms with Gasteiger partial charge in [0.1, 0.15) is 0 Å². The molecule has 2 heterocycles. The van der Waals surface area contributed by atoms with Gasteiger partial charge in [0.05, 0.1) is 12.2 Å². The topological polar surface area (TPSA) is 65.2 Å². The lowest BCUT2D eigenvalue weighted by atomic mass is 9.89. The van der Waals surface area contributed by atoms with Crippen LogP contribution in [0.25, 0.3) is 11.1 Å². The number of pyridine rings is 1. The average Bonchev–Trinajstić information content (AvgIpc) is 3.57. The first-order valence-electron chi connectivity index (χ1n) is 10.9. The molecule has 154 valence electrons. The Balaban J connectivity index is 1.25. The van der Waals surface area contributed by atoms with Gasteiger partial charge in [-0.25, -0.2) is 0 Å². The Morgan fingerprint density at radius 2 is 1.80 bits per heavy atom. The van der Waals surface area contributed by atoms with Crippen LogP contribution in [0.3, 0.4) is 0 Å². The number of aromatic nitrogens is 1. The summed E-state index contributed by atoms with van der Waals surface area (Å²) in [7, 11) is 0. The molecule has 2 aliphatic carbocycles. The molecule has 0 atom stereocenters. The lowest BCUT2D eigenvalue weighted by molar-refractivity contribution is -0.117. The summed E-state index contributed by atoms with van der Waals surface area (Å²) in [6, 6.07) is 14.5. The molecule has 1 aromatic rings. The van der Waals surface area contributed by atoms with E-state index in [1.807, 2.05) is 24.5 Å². The van der Waals surface area contributed by atoms with Crippen LogP contribution in [0.4, 0.5) is 5.69 Å². The zero-order chi connectivity index (χ0) is 20.5. The number of benzene rings is 1. The second-order valence-electron chi connectivity index (χ2n) is 8.59. The number of aromatic amines is 1. The van der Waals surface area contributed by atoms with E-state index >= 15 is 0 Å². The molecule has 5 rings (SSSR count). The molecule has 0 unspecified atom stereocenters. The van der Waals surface area contributed by atoms with Gasteiger partial charge in [0.15, 0.2) is 5.78 Å². The van der Waals surface area contributed by atoms with Gasteiger partial charge >= 0.3 is 0 Å². The Morgan fingerprint density at radius 3 is 2.53 bits per heavy atom. The Hall–Kier alpha value is -2.92. The molecule has 2 aliphatic heterocycles. The van der Waals surface area contributed by atoms with Crippen LogP contribution in [0.2, 0.25) is 0 Å². The van der Waals surface area contributed by atoms with E-state index < -0.39 is 0 Å². The number of carbonyl (C=O) groups excluding carboxylic acids is 2. The number of nitrogens with zero attached hydrogens (tertiary/aromatic N) is 1. The molecule has 30 heavy (non-hydrogen) atoms. The second kappa shape index (κ2) is 8.07. The minimum Gasteiger partial charge on any atom is -0.367 e. The fraction of sp³-hybridized carbons (Fsp3) is 0.360. The average molecular weight is 402 g/mol. The third-order valence-corrected chi connectivity index (χ3v) is 6.44. The maximum absolute atomic E-state index is 12.9. The first-order chi connectivity index (χ1) is 14.7. The van der Waals surface area contributed by atoms with Crippen LogP contribution in [0.15, 0.2) is 54.9 Å². The summed E-state index contributed by atoms with van der Waals surface area (Å²) in [4.78, 5) is 30.9. The second-order valence-corrected chi connectivity index (χ2v) is 8.59. The van der Waals surface area contributed by atoms with E-state index in [4.69, 9.17) is 0 Å². The van der Waals surface area contributed by atoms with E-state index in [1.165, 1.54) is 5.56 Å². The lowest BCUT2D eigenvalue weighted by Crippen LogP contribution is -2.38. The number of anilines is 1. The van der Waals surface area contributed by atoms with Crippen molar-refractivity contribution >= 4 is 17.4 Å². The van der Waals surface area contributed by atoms with E-state index in [0.29, 0.717) is 23.7 Å². The largest absolute Gasteiger partial charge is 0.367 e. The minimum absolute atomic E-state index is 0.0469. The van der Waals surface area contributed by atoms with Crippen molar-refractivity contribution in [2.24, 2.45) is 5.92 Å². The Kier molecular flexibility index (Phi) is 5.13. The number of amides is 1. The monoisotopic (exact) mass is 401 g/mol. The number of hydrogen-bond donors (Lipinski definition) is 2. The van der Waals surface area contributed by atoms with Crippen molar-refractivity contribution in [2.45, 2.75) is 31.6 Å². The third-order valence-electron chi connectivity index (χ3n) is 6.44. The summed E-state index contributed by atoms with van der Waals surface area (Å²) in [5, 5.41) is 3.07. The normalized spacial score (nSPS) is 17.9. The van der Waals surface area contributed by atoms with Crippen LogP contribution in [0.1, 0.15) is 47.5 Å². The van der Waals surface area contributed by atoms with Crippen molar-refractivity contribution in [3.05, 3.63) is 66.0 Å². The molecule has 2 fully saturated rings. The van der Waals surface area contributed by atoms with Gasteiger partial charge in [-0.05, 0) is 68.0 Å². The molecular formula is C25H27N3O2. The number of ketones is 1. The van der Waals surface area contributed by atoms with Crippen molar-refractivity contribution in [2.75, 3.05) is 25.0 Å². The molecule has 4 aliphatic rings. The van der Waals surface area contributed by atoms with Gasteiger partial charge in [0.2, 0.25) is 5.91 Å². The number of carbonyl (C=O) groups is 2.